The summed E-state index contributed by atoms with van der Waals surface area (Å²) >= 11 is 0. The lowest BCUT2D eigenvalue weighted by atomic mass is 9.81. The normalized spacial score (nSPS) is 18.0. The average molecular weight is 620 g/mol. The molecule has 4 aromatic rings. The Morgan fingerprint density at radius 3 is 2.32 bits per heavy atom. The van der Waals surface area contributed by atoms with E-state index in [-0.39, 0.29) is 40.5 Å². The van der Waals surface area contributed by atoms with Gasteiger partial charge in [0.15, 0.2) is 11.5 Å². The fraction of sp³-hybridized carbons (Fsp3) is 0.310. The molecule has 15 heteroatoms. The topological polar surface area (TPSA) is 152 Å². The highest BCUT2D eigenvalue weighted by Gasteiger charge is 2.57. The summed E-state index contributed by atoms with van der Waals surface area (Å²) in [5.41, 5.74) is -3.13. The van der Waals surface area contributed by atoms with Gasteiger partial charge in [-0.1, -0.05) is 0 Å². The van der Waals surface area contributed by atoms with Gasteiger partial charge in [-0.3, -0.25) is 9.59 Å². The molecule has 3 aromatic heterocycles. The summed E-state index contributed by atoms with van der Waals surface area (Å²) in [7, 11) is 0. The van der Waals surface area contributed by atoms with Crippen LogP contribution in [-0.2, 0) is 21.4 Å². The Labute approximate surface area is 246 Å². The van der Waals surface area contributed by atoms with E-state index in [0.29, 0.717) is 0 Å². The minimum absolute atomic E-state index is 0.0759. The van der Waals surface area contributed by atoms with Crippen LogP contribution in [-0.4, -0.2) is 55.7 Å². The Kier molecular flexibility index (Phi) is 7.17. The number of rotatable bonds is 7. The highest BCUT2D eigenvalue weighted by molar-refractivity contribution is 5.94. The number of halogens is 5. The van der Waals surface area contributed by atoms with Gasteiger partial charge >= 0.3 is 6.18 Å². The van der Waals surface area contributed by atoms with Crippen molar-refractivity contribution in [1.29, 1.82) is 0 Å². The zero-order chi connectivity index (χ0) is 32.4. The molecule has 4 heterocycles. The smallest absolute Gasteiger partial charge is 0.424 e. The molecule has 0 fully saturated rings. The Hall–Kier alpha value is -4.63. The van der Waals surface area contributed by atoms with E-state index in [9.17, 15) is 41.8 Å². The minimum atomic E-state index is -5.44. The van der Waals surface area contributed by atoms with Gasteiger partial charge in [0.2, 0.25) is 11.5 Å². The van der Waals surface area contributed by atoms with Crippen LogP contribution in [0.15, 0.2) is 48.8 Å². The van der Waals surface area contributed by atoms with E-state index in [1.54, 1.807) is 0 Å². The van der Waals surface area contributed by atoms with E-state index < -0.39 is 64.0 Å². The Morgan fingerprint density at radius 2 is 1.73 bits per heavy atom. The molecule has 1 unspecified atom stereocenters. The molecule has 1 aromatic carbocycles. The number of alkyl halides is 3. The Morgan fingerprint density at radius 1 is 1.07 bits per heavy atom. The third kappa shape index (κ3) is 5.11. The molecule has 0 saturated heterocycles. The zero-order valence-electron chi connectivity index (χ0n) is 23.5. The SMILES string of the molecule is CC(C)(O)c1cn2cc(C(=O)NCC(O)(c3cc4c(c(-c5ccc(F)cc5)n3)OC[C@]4(C)C(N)=O)C(F)(F)F)cc(F)c2n1. The third-order valence-electron chi connectivity index (χ3n) is 7.53. The molecule has 1 aliphatic rings. The van der Waals surface area contributed by atoms with Crippen LogP contribution in [0.25, 0.3) is 16.9 Å². The number of aromatic nitrogens is 3. The molecule has 0 bridgehead atoms. The van der Waals surface area contributed by atoms with Crippen LogP contribution in [0.5, 0.6) is 5.75 Å². The van der Waals surface area contributed by atoms with E-state index in [1.807, 2.05) is 5.32 Å². The molecule has 10 nitrogen and oxygen atoms in total. The summed E-state index contributed by atoms with van der Waals surface area (Å²) in [5, 5.41) is 23.3. The number of pyridine rings is 2. The molecule has 5 rings (SSSR count). The van der Waals surface area contributed by atoms with E-state index in [0.717, 1.165) is 34.9 Å². The summed E-state index contributed by atoms with van der Waals surface area (Å²) < 4.78 is 78.9. The highest BCUT2D eigenvalue weighted by atomic mass is 19.4. The van der Waals surface area contributed by atoms with Gasteiger partial charge in [-0.2, -0.15) is 13.2 Å². The molecule has 5 N–H and O–H groups in total. The summed E-state index contributed by atoms with van der Waals surface area (Å²) in [4.78, 5) is 33.3. The van der Waals surface area contributed by atoms with E-state index in [1.165, 1.54) is 39.1 Å². The number of carbonyl (C=O) groups excluding carboxylic acids is 2. The van der Waals surface area contributed by atoms with Gasteiger partial charge < -0.3 is 30.4 Å². The van der Waals surface area contributed by atoms with Crippen molar-refractivity contribution >= 4 is 17.5 Å². The number of nitrogens with two attached hydrogens (primary N) is 1. The summed E-state index contributed by atoms with van der Waals surface area (Å²) in [6.45, 7) is 2.35. The number of primary amides is 1. The lowest BCUT2D eigenvalue weighted by molar-refractivity contribution is -0.265. The van der Waals surface area contributed by atoms with Crippen molar-refractivity contribution in [3.05, 3.63) is 82.9 Å². The van der Waals surface area contributed by atoms with Crippen LogP contribution >= 0.6 is 0 Å². The third-order valence-corrected chi connectivity index (χ3v) is 7.53. The van der Waals surface area contributed by atoms with Crippen LogP contribution in [0, 0.1) is 11.6 Å². The van der Waals surface area contributed by atoms with Gasteiger partial charge in [-0.05, 0) is 57.2 Å². The molecule has 2 atom stereocenters. The lowest BCUT2D eigenvalue weighted by Crippen LogP contribution is -2.51. The number of aliphatic hydroxyl groups is 2. The lowest BCUT2D eigenvalue weighted by Gasteiger charge is -2.31. The minimum Gasteiger partial charge on any atom is -0.489 e. The maximum Gasteiger partial charge on any atom is 0.424 e. The summed E-state index contributed by atoms with van der Waals surface area (Å²) in [6.07, 6.45) is -3.09. The van der Waals surface area contributed by atoms with Gasteiger partial charge in [0.25, 0.3) is 5.91 Å². The second-order valence-corrected chi connectivity index (χ2v) is 11.3. The first kappa shape index (κ1) is 30.8. The first-order chi connectivity index (χ1) is 20.3. The molecule has 0 spiro atoms. The second-order valence-electron chi connectivity index (χ2n) is 11.3. The largest absolute Gasteiger partial charge is 0.489 e. The van der Waals surface area contributed by atoms with E-state index >= 15 is 0 Å². The maximum atomic E-state index is 14.8. The molecule has 0 aliphatic carbocycles. The number of nitrogens with zero attached hydrogens (tertiary/aromatic N) is 3. The molecule has 1 aliphatic heterocycles. The van der Waals surface area contributed by atoms with Crippen LogP contribution < -0.4 is 15.8 Å². The number of amides is 2. The van der Waals surface area contributed by atoms with Crippen LogP contribution in [0.2, 0.25) is 0 Å². The number of benzene rings is 1. The maximum absolute atomic E-state index is 14.8. The first-order valence-electron chi connectivity index (χ1n) is 13.1. The summed E-state index contributed by atoms with van der Waals surface area (Å²) in [5.74, 6) is -3.82. The van der Waals surface area contributed by atoms with Crippen molar-refractivity contribution in [3.8, 4) is 17.0 Å². The van der Waals surface area contributed by atoms with Crippen LogP contribution in [0.1, 0.15) is 48.1 Å². The van der Waals surface area contributed by atoms with E-state index in [4.69, 9.17) is 10.5 Å². The number of ether oxygens (including phenoxy) is 1. The number of hydrogen-bond donors (Lipinski definition) is 4. The fourth-order valence-electron chi connectivity index (χ4n) is 4.72. The number of imidazole rings is 1. The van der Waals surface area contributed by atoms with Crippen molar-refractivity contribution in [3.63, 3.8) is 0 Å². The molecule has 44 heavy (non-hydrogen) atoms. The van der Waals surface area contributed by atoms with Crippen molar-refractivity contribution in [2.45, 2.75) is 43.6 Å². The van der Waals surface area contributed by atoms with Gasteiger partial charge in [-0.25, -0.2) is 18.7 Å². The van der Waals surface area contributed by atoms with Crippen molar-refractivity contribution in [2.24, 2.45) is 5.73 Å². The Bertz CT molecular complexity index is 1800. The number of hydrogen-bond acceptors (Lipinski definition) is 7. The van der Waals surface area contributed by atoms with Gasteiger partial charge in [0.05, 0.1) is 23.5 Å². The Balaban J connectivity index is 1.57. The van der Waals surface area contributed by atoms with E-state index in [2.05, 4.69) is 9.97 Å². The van der Waals surface area contributed by atoms with Crippen LogP contribution in [0.3, 0.4) is 0 Å². The quantitative estimate of drug-likeness (QED) is 0.232. The molecule has 232 valence electrons. The molecule has 0 saturated carbocycles. The number of fused-ring (bicyclic) bond motifs is 2. The predicted octanol–water partition coefficient (Wildman–Crippen LogP) is 3.22. The van der Waals surface area contributed by atoms with Crippen molar-refractivity contribution in [2.75, 3.05) is 13.2 Å². The fourth-order valence-corrected chi connectivity index (χ4v) is 4.72. The summed E-state index contributed by atoms with van der Waals surface area (Å²) in [6, 6.07) is 6.10. The molecular weight excluding hydrogens is 593 g/mol. The standard InChI is InChI=1S/C29H26F5N5O5/c1-26(2,42)20-11-39-10-15(8-18(31)23(39)38-20)24(40)36-12-28(43,29(32,33)34)19-9-17-22(44-13-27(17,3)25(35)41)21(37-19)14-4-6-16(30)7-5-14/h4-11,42-43H,12-13H2,1-3H3,(H2,35,41)(H,36,40)/t27-,28?/m0/s1. The van der Waals surface area contributed by atoms with Gasteiger partial charge in [0.1, 0.15) is 34.9 Å². The second kappa shape index (κ2) is 10.2. The van der Waals surface area contributed by atoms with Crippen molar-refractivity contribution in [1.82, 2.24) is 19.7 Å². The predicted molar refractivity (Wildman–Crippen MR) is 144 cm³/mol. The van der Waals surface area contributed by atoms with Crippen molar-refractivity contribution < 1.29 is 46.5 Å². The average Bonchev–Trinajstić information content (AvgIpc) is 3.54. The van der Waals surface area contributed by atoms with Gasteiger partial charge in [0, 0.05) is 23.5 Å². The highest BCUT2D eigenvalue weighted by Crippen LogP contribution is 2.47. The molecule has 0 radical (unpaired) electrons. The van der Waals surface area contributed by atoms with Crippen LogP contribution in [0.4, 0.5) is 22.0 Å². The van der Waals surface area contributed by atoms with Gasteiger partial charge in [-0.15, -0.1) is 0 Å². The zero-order valence-corrected chi connectivity index (χ0v) is 23.5. The molecular formula is C29H26F5N5O5. The number of nitrogens with one attached hydrogen (secondary N) is 1. The molecule has 2 amide bonds. The monoisotopic (exact) mass is 619 g/mol. The number of carbonyl (C=O) groups is 2. The first-order valence-corrected chi connectivity index (χ1v) is 13.1.